The van der Waals surface area contributed by atoms with Crippen LogP contribution in [-0.2, 0) is 15.6 Å². The van der Waals surface area contributed by atoms with Crippen LogP contribution in [0.15, 0.2) is 28.9 Å². The van der Waals surface area contributed by atoms with Crippen molar-refractivity contribution in [1.82, 2.24) is 9.78 Å². The van der Waals surface area contributed by atoms with Crippen molar-refractivity contribution in [3.63, 3.8) is 0 Å². The van der Waals surface area contributed by atoms with Crippen molar-refractivity contribution in [3.8, 4) is 0 Å². The molecule has 1 rings (SSSR count). The Balaban J connectivity index is 2.87. The molecule has 0 aliphatic heterocycles. The van der Waals surface area contributed by atoms with E-state index in [0.717, 1.165) is 0 Å². The van der Waals surface area contributed by atoms with Crippen molar-refractivity contribution in [2.24, 2.45) is 0 Å². The molecule has 72 valence electrons. The summed E-state index contributed by atoms with van der Waals surface area (Å²) >= 11 is 5.28. The van der Waals surface area contributed by atoms with E-state index < -0.39 is 9.05 Å². The predicted octanol–water partition coefficient (Wildman–Crippen LogP) is 1.56. The Morgan fingerprint density at radius 1 is 1.62 bits per heavy atom. The van der Waals surface area contributed by atoms with Gasteiger partial charge in [-0.05, 0) is 0 Å². The monoisotopic (exact) mass is 240 g/mol. The molecule has 0 amide bonds. The third kappa shape index (κ3) is 3.02. The van der Waals surface area contributed by atoms with E-state index in [1.165, 1.54) is 22.6 Å². The SMILES string of the molecule is O=S(=O)(Cl)c1cnn(C/C=C/Cl)c1. The fraction of sp³-hybridized carbons (Fsp3) is 0.167. The molecule has 0 aromatic carbocycles. The van der Waals surface area contributed by atoms with Crippen molar-refractivity contribution in [2.75, 3.05) is 0 Å². The van der Waals surface area contributed by atoms with Gasteiger partial charge < -0.3 is 0 Å². The highest BCUT2D eigenvalue weighted by molar-refractivity contribution is 8.13. The predicted molar refractivity (Wildman–Crippen MR) is 50.3 cm³/mol. The first-order chi connectivity index (χ1) is 6.04. The Labute approximate surface area is 85.2 Å². The minimum Gasteiger partial charge on any atom is -0.267 e. The van der Waals surface area contributed by atoms with Crippen LogP contribution >= 0.6 is 22.3 Å². The number of nitrogens with zero attached hydrogens (tertiary/aromatic N) is 2. The number of allylic oxidation sites excluding steroid dienone is 1. The van der Waals surface area contributed by atoms with Gasteiger partial charge in [-0.25, -0.2) is 8.42 Å². The molecule has 0 spiro atoms. The molecule has 0 radical (unpaired) electrons. The zero-order chi connectivity index (χ0) is 9.90. The van der Waals surface area contributed by atoms with Crippen LogP contribution in [0.5, 0.6) is 0 Å². The van der Waals surface area contributed by atoms with Gasteiger partial charge in [-0.15, -0.1) is 0 Å². The molecule has 1 heterocycles. The van der Waals surface area contributed by atoms with Crippen molar-refractivity contribution in [1.29, 1.82) is 0 Å². The van der Waals surface area contributed by atoms with E-state index in [4.69, 9.17) is 22.3 Å². The smallest absolute Gasteiger partial charge is 0.264 e. The molecule has 0 saturated heterocycles. The van der Waals surface area contributed by atoms with Gasteiger partial charge >= 0.3 is 0 Å². The summed E-state index contributed by atoms with van der Waals surface area (Å²) in [6.07, 6.45) is 4.14. The minimum absolute atomic E-state index is 0.0165. The topological polar surface area (TPSA) is 52.0 Å². The first kappa shape index (κ1) is 10.6. The van der Waals surface area contributed by atoms with E-state index in [1.54, 1.807) is 6.08 Å². The Hall–Kier alpha value is -0.520. The Bertz CT molecular complexity index is 410. The van der Waals surface area contributed by atoms with Gasteiger partial charge in [0.25, 0.3) is 9.05 Å². The van der Waals surface area contributed by atoms with Crippen molar-refractivity contribution in [3.05, 3.63) is 24.0 Å². The van der Waals surface area contributed by atoms with Gasteiger partial charge in [-0.1, -0.05) is 17.7 Å². The second kappa shape index (κ2) is 4.13. The summed E-state index contributed by atoms with van der Waals surface area (Å²) < 4.78 is 23.0. The van der Waals surface area contributed by atoms with E-state index in [1.807, 2.05) is 0 Å². The molecule has 1 aromatic heterocycles. The molecule has 4 nitrogen and oxygen atoms in total. The lowest BCUT2D eigenvalue weighted by Crippen LogP contribution is -1.94. The molecule has 0 aliphatic carbocycles. The molecule has 0 N–H and O–H groups in total. The summed E-state index contributed by atoms with van der Waals surface area (Å²) in [5.41, 5.74) is 1.33. The van der Waals surface area contributed by atoms with Crippen LogP contribution in [0.4, 0.5) is 0 Å². The zero-order valence-electron chi connectivity index (χ0n) is 6.39. The molecular weight excluding hydrogens is 235 g/mol. The quantitative estimate of drug-likeness (QED) is 0.754. The fourth-order valence-electron chi connectivity index (χ4n) is 0.718. The maximum Gasteiger partial charge on any atom is 0.264 e. The molecule has 13 heavy (non-hydrogen) atoms. The normalized spacial score (nSPS) is 12.5. The zero-order valence-corrected chi connectivity index (χ0v) is 8.72. The highest BCUT2D eigenvalue weighted by Gasteiger charge is 2.11. The van der Waals surface area contributed by atoms with E-state index in [9.17, 15) is 8.42 Å². The summed E-state index contributed by atoms with van der Waals surface area (Å²) in [6.45, 7) is 0.413. The van der Waals surface area contributed by atoms with Crippen LogP contribution in [-0.4, -0.2) is 18.2 Å². The van der Waals surface area contributed by atoms with E-state index in [0.29, 0.717) is 6.54 Å². The average Bonchev–Trinajstić information content (AvgIpc) is 2.47. The summed E-state index contributed by atoms with van der Waals surface area (Å²) in [5, 5.41) is 3.76. The lowest BCUT2D eigenvalue weighted by Gasteiger charge is -1.91. The van der Waals surface area contributed by atoms with Gasteiger partial charge in [0, 0.05) is 22.4 Å². The van der Waals surface area contributed by atoms with Gasteiger partial charge in [0.05, 0.1) is 12.7 Å². The van der Waals surface area contributed by atoms with Crippen molar-refractivity contribution in [2.45, 2.75) is 11.4 Å². The lowest BCUT2D eigenvalue weighted by atomic mass is 10.6. The van der Waals surface area contributed by atoms with Crippen molar-refractivity contribution < 1.29 is 8.42 Å². The number of rotatable bonds is 3. The maximum absolute atomic E-state index is 10.8. The molecule has 0 fully saturated rings. The maximum atomic E-state index is 10.8. The van der Waals surface area contributed by atoms with Crippen LogP contribution in [0.25, 0.3) is 0 Å². The molecule has 0 bridgehead atoms. The highest BCUT2D eigenvalue weighted by Crippen LogP contribution is 2.12. The Morgan fingerprint density at radius 2 is 2.31 bits per heavy atom. The average molecular weight is 241 g/mol. The number of aromatic nitrogens is 2. The molecule has 1 aromatic rings. The summed E-state index contributed by atoms with van der Waals surface area (Å²) in [7, 11) is 1.41. The Morgan fingerprint density at radius 3 is 2.77 bits per heavy atom. The van der Waals surface area contributed by atoms with Crippen LogP contribution in [0.1, 0.15) is 0 Å². The highest BCUT2D eigenvalue weighted by atomic mass is 35.7. The van der Waals surface area contributed by atoms with Crippen LogP contribution in [0.2, 0.25) is 0 Å². The third-order valence-electron chi connectivity index (χ3n) is 1.27. The third-order valence-corrected chi connectivity index (χ3v) is 2.76. The van der Waals surface area contributed by atoms with Gasteiger partial charge in [0.15, 0.2) is 0 Å². The number of hydrogen-bond donors (Lipinski definition) is 0. The molecule has 0 saturated carbocycles. The molecule has 7 heteroatoms. The number of hydrogen-bond acceptors (Lipinski definition) is 3. The van der Waals surface area contributed by atoms with Crippen LogP contribution in [0.3, 0.4) is 0 Å². The van der Waals surface area contributed by atoms with E-state index >= 15 is 0 Å². The number of halogens is 2. The largest absolute Gasteiger partial charge is 0.267 e. The lowest BCUT2D eigenvalue weighted by molar-refractivity contribution is 0.609. The van der Waals surface area contributed by atoms with E-state index in [2.05, 4.69) is 5.10 Å². The molecular formula is C6H6Cl2N2O2S. The standard InChI is InChI=1S/C6H6Cl2N2O2S/c7-2-1-3-10-5-6(4-9-10)13(8,11)12/h1-2,4-5H,3H2/b2-1+. The van der Waals surface area contributed by atoms with Crippen LogP contribution in [0, 0.1) is 0 Å². The van der Waals surface area contributed by atoms with Gasteiger partial charge in [0.1, 0.15) is 4.90 Å². The van der Waals surface area contributed by atoms with Gasteiger partial charge in [-0.3, -0.25) is 4.68 Å². The second-order valence-corrected chi connectivity index (χ2v) is 5.02. The molecule has 0 atom stereocenters. The minimum atomic E-state index is -3.68. The van der Waals surface area contributed by atoms with Gasteiger partial charge in [-0.2, -0.15) is 5.10 Å². The summed E-state index contributed by atoms with van der Waals surface area (Å²) in [6, 6.07) is 0. The molecule has 0 aliphatic rings. The first-order valence-corrected chi connectivity index (χ1v) is 6.01. The summed E-state index contributed by atoms with van der Waals surface area (Å²) in [4.78, 5) is -0.0165. The van der Waals surface area contributed by atoms with Gasteiger partial charge in [0.2, 0.25) is 0 Å². The summed E-state index contributed by atoms with van der Waals surface area (Å²) in [5.74, 6) is 0. The van der Waals surface area contributed by atoms with Crippen molar-refractivity contribution >= 4 is 31.3 Å². The molecule has 0 unspecified atom stereocenters. The van der Waals surface area contributed by atoms with E-state index in [-0.39, 0.29) is 4.90 Å². The second-order valence-electron chi connectivity index (χ2n) is 2.20. The van der Waals surface area contributed by atoms with Crippen LogP contribution < -0.4 is 0 Å². The fourth-order valence-corrected chi connectivity index (χ4v) is 1.46. The first-order valence-electron chi connectivity index (χ1n) is 3.26. The Kier molecular flexibility index (Phi) is 3.35.